The Hall–Kier alpha value is -1.86. The Labute approximate surface area is 101 Å². The third-order valence-electron chi connectivity index (χ3n) is 2.37. The maximum absolute atomic E-state index is 11.9. The largest absolute Gasteiger partial charge is 0.395 e. The maximum atomic E-state index is 11.9. The van der Waals surface area contributed by atoms with E-state index in [-0.39, 0.29) is 19.1 Å². The molecule has 4 nitrogen and oxygen atoms in total. The normalized spacial score (nSPS) is 9.65. The Bertz CT molecular complexity index is 384. The van der Waals surface area contributed by atoms with Crippen molar-refractivity contribution in [1.82, 2.24) is 0 Å². The third-order valence-corrected chi connectivity index (χ3v) is 2.37. The number of nitrogens with zero attached hydrogens (tertiary/aromatic N) is 2. The number of hydrogen-bond acceptors (Lipinski definition) is 3. The van der Waals surface area contributed by atoms with Gasteiger partial charge in [-0.2, -0.15) is 5.26 Å². The van der Waals surface area contributed by atoms with E-state index in [2.05, 4.69) is 0 Å². The van der Waals surface area contributed by atoms with E-state index >= 15 is 0 Å². The van der Waals surface area contributed by atoms with E-state index in [4.69, 9.17) is 10.4 Å². The zero-order valence-corrected chi connectivity index (χ0v) is 9.67. The Morgan fingerprint density at radius 3 is 2.65 bits per heavy atom. The van der Waals surface area contributed by atoms with E-state index in [0.717, 1.165) is 5.69 Å². The van der Waals surface area contributed by atoms with Crippen molar-refractivity contribution in [3.63, 3.8) is 0 Å². The number of carbonyl (C=O) groups excluding carboxylic acids is 1. The molecule has 0 bridgehead atoms. The average Bonchev–Trinajstić information content (AvgIpc) is 2.37. The average molecular weight is 232 g/mol. The zero-order chi connectivity index (χ0) is 12.5. The molecule has 0 unspecified atom stereocenters. The quantitative estimate of drug-likeness (QED) is 0.759. The summed E-state index contributed by atoms with van der Waals surface area (Å²) < 4.78 is 0. The van der Waals surface area contributed by atoms with Gasteiger partial charge in [0.2, 0.25) is 5.91 Å². The summed E-state index contributed by atoms with van der Waals surface area (Å²) in [6, 6.07) is 11.3. The standard InChI is InChI=1S/C13H16N2O2/c14-9-5-4-8-13(17)15(10-11-16)12-6-2-1-3-7-12/h1-3,6-7,16H,4-5,8,10-11H2. The predicted octanol–water partition coefficient (Wildman–Crippen LogP) is 1.71. The van der Waals surface area contributed by atoms with Crippen molar-refractivity contribution in [3.8, 4) is 6.07 Å². The van der Waals surface area contributed by atoms with Gasteiger partial charge in [0.15, 0.2) is 0 Å². The number of anilines is 1. The number of aliphatic hydroxyl groups excluding tert-OH is 1. The lowest BCUT2D eigenvalue weighted by Crippen LogP contribution is -2.33. The Balaban J connectivity index is 2.66. The summed E-state index contributed by atoms with van der Waals surface area (Å²) in [5, 5.41) is 17.4. The van der Waals surface area contributed by atoms with Crippen LogP contribution >= 0.6 is 0 Å². The highest BCUT2D eigenvalue weighted by Gasteiger charge is 2.14. The van der Waals surface area contributed by atoms with E-state index in [1.807, 2.05) is 36.4 Å². The highest BCUT2D eigenvalue weighted by Crippen LogP contribution is 2.14. The molecule has 0 aliphatic carbocycles. The number of benzene rings is 1. The van der Waals surface area contributed by atoms with Gasteiger partial charge in [0.05, 0.1) is 12.7 Å². The van der Waals surface area contributed by atoms with E-state index in [0.29, 0.717) is 19.3 Å². The lowest BCUT2D eigenvalue weighted by atomic mass is 10.2. The summed E-state index contributed by atoms with van der Waals surface area (Å²) in [5.74, 6) is -0.0551. The number of unbranched alkanes of at least 4 members (excludes halogenated alkanes) is 1. The maximum Gasteiger partial charge on any atom is 0.227 e. The monoisotopic (exact) mass is 232 g/mol. The molecule has 1 amide bonds. The Morgan fingerprint density at radius 2 is 2.06 bits per heavy atom. The highest BCUT2D eigenvalue weighted by atomic mass is 16.3. The lowest BCUT2D eigenvalue weighted by Gasteiger charge is -2.21. The SMILES string of the molecule is N#CCCCC(=O)N(CCO)c1ccccc1. The van der Waals surface area contributed by atoms with Crippen LogP contribution < -0.4 is 4.90 Å². The minimum Gasteiger partial charge on any atom is -0.395 e. The number of aliphatic hydroxyl groups is 1. The molecule has 0 atom stereocenters. The van der Waals surface area contributed by atoms with E-state index in [1.54, 1.807) is 4.90 Å². The van der Waals surface area contributed by atoms with Gasteiger partial charge in [-0.15, -0.1) is 0 Å². The zero-order valence-electron chi connectivity index (χ0n) is 9.67. The molecule has 0 fully saturated rings. The number of nitriles is 1. The van der Waals surface area contributed by atoms with Gasteiger partial charge in [-0.25, -0.2) is 0 Å². The molecular weight excluding hydrogens is 216 g/mol. The number of para-hydroxylation sites is 1. The van der Waals surface area contributed by atoms with Crippen LogP contribution in [0.1, 0.15) is 19.3 Å². The summed E-state index contributed by atoms with van der Waals surface area (Å²) in [7, 11) is 0. The van der Waals surface area contributed by atoms with Crippen molar-refractivity contribution in [2.75, 3.05) is 18.1 Å². The van der Waals surface area contributed by atoms with Crippen LogP contribution in [0.5, 0.6) is 0 Å². The molecule has 90 valence electrons. The molecule has 0 aromatic heterocycles. The van der Waals surface area contributed by atoms with Crippen LogP contribution in [0, 0.1) is 11.3 Å². The van der Waals surface area contributed by atoms with Gasteiger partial charge >= 0.3 is 0 Å². The predicted molar refractivity (Wildman–Crippen MR) is 65.3 cm³/mol. The van der Waals surface area contributed by atoms with Crippen LogP contribution in [0.15, 0.2) is 30.3 Å². The van der Waals surface area contributed by atoms with Crippen LogP contribution in [-0.4, -0.2) is 24.2 Å². The Morgan fingerprint density at radius 1 is 1.35 bits per heavy atom. The van der Waals surface area contributed by atoms with E-state index < -0.39 is 0 Å². The molecular formula is C13H16N2O2. The number of hydrogen-bond donors (Lipinski definition) is 1. The molecule has 0 spiro atoms. The molecule has 0 radical (unpaired) electrons. The summed E-state index contributed by atoms with van der Waals surface area (Å²) in [6.45, 7) is 0.217. The van der Waals surface area contributed by atoms with Crippen molar-refractivity contribution in [3.05, 3.63) is 30.3 Å². The smallest absolute Gasteiger partial charge is 0.227 e. The first-order valence-electron chi connectivity index (χ1n) is 5.63. The molecule has 1 N–H and O–H groups in total. The minimum atomic E-state index is -0.0706. The number of amides is 1. The van der Waals surface area contributed by atoms with Crippen LogP contribution in [0.3, 0.4) is 0 Å². The summed E-state index contributed by atoms with van der Waals surface area (Å²) in [6.07, 6.45) is 1.28. The molecule has 0 aliphatic rings. The van der Waals surface area contributed by atoms with Gasteiger partial charge in [0.25, 0.3) is 0 Å². The molecule has 1 rings (SSSR count). The second-order valence-corrected chi connectivity index (χ2v) is 3.62. The van der Waals surface area contributed by atoms with Crippen molar-refractivity contribution in [2.24, 2.45) is 0 Å². The van der Waals surface area contributed by atoms with Gasteiger partial charge < -0.3 is 10.0 Å². The van der Waals surface area contributed by atoms with Gasteiger partial charge in [0.1, 0.15) is 0 Å². The molecule has 17 heavy (non-hydrogen) atoms. The number of carbonyl (C=O) groups is 1. The topological polar surface area (TPSA) is 64.3 Å². The Kier molecular flexibility index (Phi) is 5.76. The van der Waals surface area contributed by atoms with Crippen LogP contribution in [0.2, 0.25) is 0 Å². The fourth-order valence-electron chi connectivity index (χ4n) is 1.56. The fraction of sp³-hybridized carbons (Fsp3) is 0.385. The van der Waals surface area contributed by atoms with E-state index in [1.165, 1.54) is 0 Å². The summed E-state index contributed by atoms with van der Waals surface area (Å²) >= 11 is 0. The minimum absolute atomic E-state index is 0.0551. The fourth-order valence-corrected chi connectivity index (χ4v) is 1.56. The molecule has 0 aliphatic heterocycles. The van der Waals surface area contributed by atoms with Gasteiger partial charge in [-0.05, 0) is 18.6 Å². The first-order chi connectivity index (χ1) is 8.29. The molecule has 0 heterocycles. The van der Waals surface area contributed by atoms with Crippen molar-refractivity contribution < 1.29 is 9.90 Å². The highest BCUT2D eigenvalue weighted by molar-refractivity contribution is 5.93. The van der Waals surface area contributed by atoms with Gasteiger partial charge in [-0.1, -0.05) is 18.2 Å². The molecule has 1 aromatic rings. The number of rotatable bonds is 6. The van der Waals surface area contributed by atoms with Crippen molar-refractivity contribution in [1.29, 1.82) is 5.26 Å². The van der Waals surface area contributed by atoms with Crippen LogP contribution in [-0.2, 0) is 4.79 Å². The van der Waals surface area contributed by atoms with Crippen LogP contribution in [0.4, 0.5) is 5.69 Å². The first-order valence-corrected chi connectivity index (χ1v) is 5.63. The molecule has 0 saturated carbocycles. The second kappa shape index (κ2) is 7.42. The second-order valence-electron chi connectivity index (χ2n) is 3.62. The third kappa shape index (κ3) is 4.25. The van der Waals surface area contributed by atoms with Gasteiger partial charge in [0, 0.05) is 25.1 Å². The van der Waals surface area contributed by atoms with E-state index in [9.17, 15) is 4.79 Å². The molecule has 4 heteroatoms. The molecule has 1 aromatic carbocycles. The summed E-state index contributed by atoms with van der Waals surface area (Å²) in [4.78, 5) is 13.5. The van der Waals surface area contributed by atoms with Gasteiger partial charge in [-0.3, -0.25) is 4.79 Å². The lowest BCUT2D eigenvalue weighted by molar-refractivity contribution is -0.118. The first kappa shape index (κ1) is 13.2. The summed E-state index contributed by atoms with van der Waals surface area (Å²) in [5.41, 5.74) is 0.781. The molecule has 0 saturated heterocycles. The van der Waals surface area contributed by atoms with Crippen LogP contribution in [0.25, 0.3) is 0 Å². The van der Waals surface area contributed by atoms with Crippen molar-refractivity contribution >= 4 is 11.6 Å². The van der Waals surface area contributed by atoms with Crippen molar-refractivity contribution in [2.45, 2.75) is 19.3 Å².